The zero-order valence-electron chi connectivity index (χ0n) is 7.69. The van der Waals surface area contributed by atoms with Crippen LogP contribution in [0.1, 0.15) is 25.7 Å². The molecule has 4 bridgehead atoms. The zero-order chi connectivity index (χ0) is 9.81. The van der Waals surface area contributed by atoms with Gasteiger partial charge >= 0.3 is 0 Å². The first-order valence-corrected chi connectivity index (χ1v) is 4.93. The van der Waals surface area contributed by atoms with Crippen molar-refractivity contribution >= 4 is 12.2 Å². The van der Waals surface area contributed by atoms with E-state index >= 15 is 0 Å². The monoisotopic (exact) mass is 190 g/mol. The first kappa shape index (κ1) is 8.10. The third-order valence-corrected chi connectivity index (χ3v) is 4.44. The lowest BCUT2D eigenvalue weighted by Crippen LogP contribution is -2.26. The molecule has 4 heteroatoms. The molecule has 0 amide bonds. The van der Waals surface area contributed by atoms with Crippen LogP contribution in [0.2, 0.25) is 0 Å². The van der Waals surface area contributed by atoms with Crippen molar-refractivity contribution in [2.75, 3.05) is 0 Å². The molecule has 4 fully saturated rings. The third-order valence-electron chi connectivity index (χ3n) is 4.44. The molecule has 0 saturated heterocycles. The highest BCUT2D eigenvalue weighted by Gasteiger charge is 2.71. The summed E-state index contributed by atoms with van der Waals surface area (Å²) in [6, 6.07) is 0. The first-order chi connectivity index (χ1) is 6.75. The Morgan fingerprint density at radius 2 is 1.50 bits per heavy atom. The number of hydrogen-bond donors (Lipinski definition) is 0. The summed E-state index contributed by atoms with van der Waals surface area (Å²) in [4.78, 5) is 28.7. The lowest BCUT2D eigenvalue weighted by atomic mass is 9.91. The maximum Gasteiger partial charge on any atom is 0.235 e. The van der Waals surface area contributed by atoms with Crippen LogP contribution in [-0.2, 0) is 9.59 Å². The molecular weight excluding hydrogens is 180 g/mol. The summed E-state index contributed by atoms with van der Waals surface area (Å²) in [5.74, 6) is 0.900. The second-order valence-corrected chi connectivity index (χ2v) is 4.83. The Hall–Kier alpha value is -1.24. The van der Waals surface area contributed by atoms with Gasteiger partial charge in [0, 0.05) is 6.42 Å². The van der Waals surface area contributed by atoms with Gasteiger partial charge in [0.2, 0.25) is 12.2 Å². The fraction of sp³-hybridized carbons (Fsp3) is 0.800. The molecule has 0 aliphatic heterocycles. The number of carbonyl (C=O) groups excluding carboxylic acids is 2. The number of hydrogen-bond acceptors (Lipinski definition) is 4. The largest absolute Gasteiger partial charge is 0.235 e. The Balaban J connectivity index is 2.07. The van der Waals surface area contributed by atoms with E-state index in [1.54, 1.807) is 12.2 Å². The van der Waals surface area contributed by atoms with E-state index in [0.717, 1.165) is 25.7 Å². The molecule has 4 aliphatic rings. The molecule has 14 heavy (non-hydrogen) atoms. The maximum absolute atomic E-state index is 10.4. The summed E-state index contributed by atoms with van der Waals surface area (Å²) in [6.45, 7) is 0. The van der Waals surface area contributed by atoms with Crippen LogP contribution in [0.5, 0.6) is 0 Å². The average molecular weight is 190 g/mol. The molecule has 0 aromatic carbocycles. The summed E-state index contributed by atoms with van der Waals surface area (Å²) >= 11 is 0. The van der Waals surface area contributed by atoms with E-state index in [1.807, 2.05) is 0 Å². The van der Waals surface area contributed by atoms with E-state index < -0.39 is 0 Å². The fourth-order valence-corrected chi connectivity index (χ4v) is 4.01. The van der Waals surface area contributed by atoms with Gasteiger partial charge in [0.1, 0.15) is 0 Å². The second kappa shape index (κ2) is 2.22. The molecule has 0 heterocycles. The Kier molecular flexibility index (Phi) is 1.28. The van der Waals surface area contributed by atoms with Gasteiger partial charge in [0.05, 0.1) is 11.1 Å². The van der Waals surface area contributed by atoms with Crippen LogP contribution in [0.3, 0.4) is 0 Å². The summed E-state index contributed by atoms with van der Waals surface area (Å²) < 4.78 is 0. The predicted molar refractivity (Wildman–Crippen MR) is 47.2 cm³/mol. The lowest BCUT2D eigenvalue weighted by Gasteiger charge is -2.21. The van der Waals surface area contributed by atoms with Gasteiger partial charge in [-0.1, -0.05) is 0 Å². The van der Waals surface area contributed by atoms with Crippen LogP contribution in [0.25, 0.3) is 0 Å². The molecule has 0 aromatic heterocycles. The van der Waals surface area contributed by atoms with Crippen LogP contribution >= 0.6 is 0 Å². The van der Waals surface area contributed by atoms with E-state index in [2.05, 4.69) is 9.98 Å². The molecule has 4 nitrogen and oxygen atoms in total. The Morgan fingerprint density at radius 1 is 1.00 bits per heavy atom. The summed E-state index contributed by atoms with van der Waals surface area (Å²) in [5, 5.41) is 0. The maximum atomic E-state index is 10.4. The molecule has 72 valence electrons. The van der Waals surface area contributed by atoms with Crippen LogP contribution in [0, 0.1) is 11.8 Å². The highest BCUT2D eigenvalue weighted by Crippen LogP contribution is 2.70. The van der Waals surface area contributed by atoms with Gasteiger partial charge in [-0.2, -0.15) is 9.98 Å². The summed E-state index contributed by atoms with van der Waals surface area (Å²) in [5.41, 5.74) is -0.431. The van der Waals surface area contributed by atoms with Crippen molar-refractivity contribution in [3.8, 4) is 0 Å². The normalized spacial score (nSPS) is 51.7. The van der Waals surface area contributed by atoms with Gasteiger partial charge in [-0.3, -0.25) is 0 Å². The van der Waals surface area contributed by atoms with Crippen molar-refractivity contribution in [2.45, 2.75) is 36.8 Å². The minimum Gasteiger partial charge on any atom is -0.211 e. The van der Waals surface area contributed by atoms with Crippen LogP contribution in [0.15, 0.2) is 9.98 Å². The summed E-state index contributed by atoms with van der Waals surface area (Å²) in [6.07, 6.45) is 7.02. The van der Waals surface area contributed by atoms with E-state index in [0.29, 0.717) is 11.8 Å². The molecule has 0 spiro atoms. The first-order valence-electron chi connectivity index (χ1n) is 4.93. The number of aliphatic imine (C=N–C) groups is 2. The number of rotatable bonds is 2. The fourth-order valence-electron chi connectivity index (χ4n) is 4.01. The zero-order valence-corrected chi connectivity index (χ0v) is 7.69. The van der Waals surface area contributed by atoms with Crippen molar-refractivity contribution in [1.29, 1.82) is 0 Å². The van der Waals surface area contributed by atoms with Crippen LogP contribution in [0.4, 0.5) is 0 Å². The van der Waals surface area contributed by atoms with Gasteiger partial charge in [-0.25, -0.2) is 9.59 Å². The smallest absolute Gasteiger partial charge is 0.211 e. The van der Waals surface area contributed by atoms with Crippen molar-refractivity contribution < 1.29 is 9.59 Å². The molecule has 4 rings (SSSR count). The van der Waals surface area contributed by atoms with Crippen LogP contribution < -0.4 is 0 Å². The molecule has 0 unspecified atom stereocenters. The minimum absolute atomic E-state index is 0.216. The van der Waals surface area contributed by atoms with Gasteiger partial charge in [0.25, 0.3) is 0 Å². The lowest BCUT2D eigenvalue weighted by molar-refractivity contribution is 0.370. The van der Waals surface area contributed by atoms with Gasteiger partial charge < -0.3 is 0 Å². The standard InChI is InChI=1S/C10H10N2O2/c13-5-11-9-2-7-1-8(9)3-10(7,4-9)12-6-14/h7-8H,1-4H2/t7-,8-,9-,10-/m1/s1. The average Bonchev–Trinajstić information content (AvgIpc) is 2.73. The van der Waals surface area contributed by atoms with Crippen molar-refractivity contribution in [3.05, 3.63) is 0 Å². The topological polar surface area (TPSA) is 58.9 Å². The third kappa shape index (κ3) is 0.682. The Morgan fingerprint density at radius 3 is 1.86 bits per heavy atom. The Labute approximate surface area is 81.1 Å². The van der Waals surface area contributed by atoms with Crippen molar-refractivity contribution in [3.63, 3.8) is 0 Å². The van der Waals surface area contributed by atoms with E-state index in [9.17, 15) is 9.59 Å². The molecular formula is C10H10N2O2. The van der Waals surface area contributed by atoms with Gasteiger partial charge in [0.15, 0.2) is 0 Å². The van der Waals surface area contributed by atoms with Gasteiger partial charge in [-0.05, 0) is 31.1 Å². The molecule has 4 atom stereocenters. The highest BCUT2D eigenvalue weighted by molar-refractivity contribution is 5.43. The Bertz CT molecular complexity index is 359. The minimum atomic E-state index is -0.216. The van der Waals surface area contributed by atoms with Crippen molar-refractivity contribution in [1.82, 2.24) is 0 Å². The predicted octanol–water partition coefficient (Wildman–Crippen LogP) is 0.969. The molecule has 4 aliphatic carbocycles. The molecule has 0 aromatic rings. The molecule has 4 saturated carbocycles. The van der Waals surface area contributed by atoms with Gasteiger partial charge in [-0.15, -0.1) is 0 Å². The quantitative estimate of drug-likeness (QED) is 0.481. The van der Waals surface area contributed by atoms with E-state index in [1.165, 1.54) is 0 Å². The van der Waals surface area contributed by atoms with Crippen LogP contribution in [-0.4, -0.2) is 23.2 Å². The van der Waals surface area contributed by atoms with E-state index in [-0.39, 0.29) is 11.1 Å². The SMILES string of the molecule is O=C=N[C@@]12C[C@H]3C[C@@H]1C[C@@]3(N=C=O)C2. The molecule has 0 radical (unpaired) electrons. The highest BCUT2D eigenvalue weighted by atomic mass is 16.1. The second-order valence-electron chi connectivity index (χ2n) is 4.83. The number of isocyanates is 2. The summed E-state index contributed by atoms with van der Waals surface area (Å²) in [7, 11) is 0. The number of nitrogens with zero attached hydrogens (tertiary/aromatic N) is 2. The molecule has 0 N–H and O–H groups in total. The van der Waals surface area contributed by atoms with Crippen molar-refractivity contribution in [2.24, 2.45) is 21.8 Å². The van der Waals surface area contributed by atoms with E-state index in [4.69, 9.17) is 0 Å².